The smallest absolute Gasteiger partial charge is 0.342 e. The zero-order valence-corrected chi connectivity index (χ0v) is 11.1. The fourth-order valence-corrected chi connectivity index (χ4v) is 2.55. The quantitative estimate of drug-likeness (QED) is 0.832. The fourth-order valence-electron chi connectivity index (χ4n) is 2.55. The average Bonchev–Trinajstić information content (AvgIpc) is 2.61. The number of rotatable bonds is 2. The number of hydrogen-bond donors (Lipinski definition) is 1. The lowest BCUT2D eigenvalue weighted by Gasteiger charge is -2.35. The Hall–Kier alpha value is -1.60. The van der Waals surface area contributed by atoms with Crippen molar-refractivity contribution in [3.8, 4) is 0 Å². The number of carbonyl (C=O) groups is 2. The van der Waals surface area contributed by atoms with Crippen molar-refractivity contribution in [1.82, 2.24) is 10.2 Å². The van der Waals surface area contributed by atoms with E-state index < -0.39 is 30.5 Å². The highest BCUT2D eigenvalue weighted by Gasteiger charge is 2.45. The number of nitrogens with zero attached hydrogens (tertiary/aromatic N) is 2. The fraction of sp³-hybridized carbons (Fsp3) is 0.750. The van der Waals surface area contributed by atoms with Gasteiger partial charge in [0.05, 0.1) is 6.42 Å². The molecule has 2 amide bonds. The van der Waals surface area contributed by atoms with Crippen molar-refractivity contribution >= 4 is 17.6 Å². The molecule has 8 heteroatoms. The molecule has 2 aliphatic rings. The minimum atomic E-state index is -4.32. The molecule has 2 heterocycles. The lowest BCUT2D eigenvalue weighted by molar-refractivity contribution is -0.150. The van der Waals surface area contributed by atoms with Crippen LogP contribution >= 0.6 is 0 Å². The van der Waals surface area contributed by atoms with E-state index in [1.165, 1.54) is 4.90 Å². The molecular weight excluding hydrogens is 275 g/mol. The highest BCUT2D eigenvalue weighted by atomic mass is 19.4. The molecule has 0 aliphatic carbocycles. The van der Waals surface area contributed by atoms with Crippen LogP contribution in [0.25, 0.3) is 0 Å². The summed E-state index contributed by atoms with van der Waals surface area (Å²) in [7, 11) is 0. The summed E-state index contributed by atoms with van der Waals surface area (Å²) in [5.74, 6) is -0.152. The third kappa shape index (κ3) is 3.10. The van der Waals surface area contributed by atoms with Gasteiger partial charge in [0.2, 0.25) is 5.91 Å². The second-order valence-corrected chi connectivity index (χ2v) is 5.18. The number of halogens is 3. The number of carbonyl (C=O) groups excluding carboxylic acids is 2. The lowest BCUT2D eigenvalue weighted by atomic mass is 9.88. The highest BCUT2D eigenvalue weighted by Crippen LogP contribution is 2.30. The summed E-state index contributed by atoms with van der Waals surface area (Å²) in [5.41, 5.74) is -0.828. The maximum Gasteiger partial charge on any atom is 0.389 e. The predicted octanol–water partition coefficient (Wildman–Crippen LogP) is 1.24. The number of alkyl halides is 3. The van der Waals surface area contributed by atoms with E-state index in [9.17, 15) is 22.8 Å². The Kier molecular flexibility index (Phi) is 3.75. The van der Waals surface area contributed by atoms with Crippen LogP contribution in [0.3, 0.4) is 0 Å². The standard InChI is InChI=1S/C12H16F3N3O2/c1-8-16-10(20)11(17-8)4-6-18(7-5-11)9(19)2-3-12(13,14)15/h2-7H2,1H3,(H,16,17,20). The molecule has 0 aromatic rings. The lowest BCUT2D eigenvalue weighted by Crippen LogP contribution is -2.50. The second-order valence-electron chi connectivity index (χ2n) is 5.18. The molecule has 0 radical (unpaired) electrons. The van der Waals surface area contributed by atoms with Gasteiger partial charge in [0.15, 0.2) is 0 Å². The van der Waals surface area contributed by atoms with Crippen molar-refractivity contribution in [3.05, 3.63) is 0 Å². The van der Waals surface area contributed by atoms with Gasteiger partial charge in [0.1, 0.15) is 11.4 Å². The van der Waals surface area contributed by atoms with E-state index in [1.807, 2.05) is 0 Å². The summed E-state index contributed by atoms with van der Waals surface area (Å²) in [6.45, 7) is 2.22. The summed E-state index contributed by atoms with van der Waals surface area (Å²) in [6.07, 6.45) is -5.25. The molecule has 112 valence electrons. The summed E-state index contributed by atoms with van der Waals surface area (Å²) < 4.78 is 36.2. The molecule has 2 aliphatic heterocycles. The second kappa shape index (κ2) is 5.06. The summed E-state index contributed by atoms with van der Waals surface area (Å²) in [6, 6.07) is 0. The molecule has 0 bridgehead atoms. The molecule has 0 atom stereocenters. The van der Waals surface area contributed by atoms with E-state index in [0.29, 0.717) is 18.7 Å². The number of piperidine rings is 1. The molecule has 1 fully saturated rings. The van der Waals surface area contributed by atoms with Gasteiger partial charge in [0, 0.05) is 19.5 Å². The molecule has 0 unspecified atom stereocenters. The van der Waals surface area contributed by atoms with Gasteiger partial charge in [-0.15, -0.1) is 0 Å². The number of amides is 2. The van der Waals surface area contributed by atoms with Crippen LogP contribution in [0.1, 0.15) is 32.6 Å². The predicted molar refractivity (Wildman–Crippen MR) is 65.1 cm³/mol. The van der Waals surface area contributed by atoms with Gasteiger partial charge in [-0.1, -0.05) is 0 Å². The molecule has 20 heavy (non-hydrogen) atoms. The molecule has 0 aromatic carbocycles. The van der Waals surface area contributed by atoms with E-state index in [1.54, 1.807) is 6.92 Å². The van der Waals surface area contributed by atoms with Crippen LogP contribution in [0.4, 0.5) is 13.2 Å². The summed E-state index contributed by atoms with van der Waals surface area (Å²) >= 11 is 0. The van der Waals surface area contributed by atoms with Crippen LogP contribution in [0.5, 0.6) is 0 Å². The maximum atomic E-state index is 12.1. The van der Waals surface area contributed by atoms with Gasteiger partial charge in [-0.2, -0.15) is 13.2 Å². The molecular formula is C12H16F3N3O2. The van der Waals surface area contributed by atoms with Gasteiger partial charge in [-0.3, -0.25) is 14.6 Å². The average molecular weight is 291 g/mol. The molecule has 1 saturated heterocycles. The first-order valence-electron chi connectivity index (χ1n) is 6.44. The summed E-state index contributed by atoms with van der Waals surface area (Å²) in [4.78, 5) is 29.2. The third-order valence-corrected chi connectivity index (χ3v) is 3.66. The number of aliphatic imine (C=N–C) groups is 1. The monoisotopic (exact) mass is 291 g/mol. The Morgan fingerprint density at radius 2 is 2.00 bits per heavy atom. The highest BCUT2D eigenvalue weighted by molar-refractivity contribution is 6.07. The van der Waals surface area contributed by atoms with Gasteiger partial charge in [-0.05, 0) is 19.8 Å². The van der Waals surface area contributed by atoms with Crippen molar-refractivity contribution in [2.24, 2.45) is 4.99 Å². The van der Waals surface area contributed by atoms with Crippen molar-refractivity contribution < 1.29 is 22.8 Å². The first-order chi connectivity index (χ1) is 9.22. The van der Waals surface area contributed by atoms with E-state index in [4.69, 9.17) is 0 Å². The SMILES string of the molecule is CC1=NC2(CCN(C(=O)CCC(F)(F)F)CC2)C(=O)N1. The van der Waals surface area contributed by atoms with Crippen LogP contribution in [0.2, 0.25) is 0 Å². The molecule has 1 spiro atoms. The first-order valence-corrected chi connectivity index (χ1v) is 6.44. The van der Waals surface area contributed by atoms with E-state index in [2.05, 4.69) is 10.3 Å². The van der Waals surface area contributed by atoms with E-state index in [-0.39, 0.29) is 19.0 Å². The summed E-state index contributed by atoms with van der Waals surface area (Å²) in [5, 5.41) is 2.63. The zero-order valence-electron chi connectivity index (χ0n) is 11.1. The largest absolute Gasteiger partial charge is 0.389 e. The Bertz CT molecular complexity index is 451. The van der Waals surface area contributed by atoms with Gasteiger partial charge in [-0.25, -0.2) is 0 Å². The third-order valence-electron chi connectivity index (χ3n) is 3.66. The Morgan fingerprint density at radius 1 is 1.40 bits per heavy atom. The zero-order chi connectivity index (χ0) is 15.0. The first kappa shape index (κ1) is 14.8. The Labute approximate surface area is 114 Å². The minimum Gasteiger partial charge on any atom is -0.342 e. The number of likely N-dealkylation sites (tertiary alicyclic amines) is 1. The number of hydrogen-bond acceptors (Lipinski definition) is 3. The van der Waals surface area contributed by atoms with E-state index in [0.717, 1.165) is 0 Å². The van der Waals surface area contributed by atoms with Crippen molar-refractivity contribution in [2.45, 2.75) is 44.3 Å². The number of amidine groups is 1. The van der Waals surface area contributed by atoms with Crippen LogP contribution in [-0.4, -0.2) is 47.4 Å². The van der Waals surface area contributed by atoms with Gasteiger partial charge < -0.3 is 10.2 Å². The van der Waals surface area contributed by atoms with Crippen molar-refractivity contribution in [2.75, 3.05) is 13.1 Å². The van der Waals surface area contributed by atoms with Gasteiger partial charge >= 0.3 is 6.18 Å². The van der Waals surface area contributed by atoms with E-state index >= 15 is 0 Å². The normalized spacial score (nSPS) is 21.9. The van der Waals surface area contributed by atoms with Crippen LogP contribution in [0, 0.1) is 0 Å². The van der Waals surface area contributed by atoms with Crippen molar-refractivity contribution in [3.63, 3.8) is 0 Å². The molecule has 0 aromatic heterocycles. The topological polar surface area (TPSA) is 61.8 Å². The maximum absolute atomic E-state index is 12.1. The minimum absolute atomic E-state index is 0.183. The van der Waals surface area contributed by atoms with Crippen LogP contribution in [-0.2, 0) is 9.59 Å². The van der Waals surface area contributed by atoms with Crippen LogP contribution in [0.15, 0.2) is 4.99 Å². The molecule has 5 nitrogen and oxygen atoms in total. The molecule has 2 rings (SSSR count). The van der Waals surface area contributed by atoms with Gasteiger partial charge in [0.25, 0.3) is 5.91 Å². The van der Waals surface area contributed by atoms with Crippen LogP contribution < -0.4 is 5.32 Å². The molecule has 1 N–H and O–H groups in total. The Balaban J connectivity index is 1.88. The number of nitrogens with one attached hydrogen (secondary N) is 1. The van der Waals surface area contributed by atoms with Crippen molar-refractivity contribution in [1.29, 1.82) is 0 Å². The Morgan fingerprint density at radius 3 is 2.45 bits per heavy atom. The molecule has 0 saturated carbocycles.